The van der Waals surface area contributed by atoms with Gasteiger partial charge in [0.1, 0.15) is 29.2 Å². The number of anilines is 1. The topological polar surface area (TPSA) is 61.4 Å². The minimum absolute atomic E-state index is 0.102. The van der Waals surface area contributed by atoms with Gasteiger partial charge < -0.3 is 10.6 Å². The number of halogens is 3. The zero-order chi connectivity index (χ0) is 21.0. The fourth-order valence-electron chi connectivity index (χ4n) is 3.05. The molecule has 154 valence electrons. The van der Waals surface area contributed by atoms with Crippen molar-refractivity contribution in [1.29, 1.82) is 0 Å². The Morgan fingerprint density at radius 1 is 1.07 bits per heavy atom. The van der Waals surface area contributed by atoms with E-state index in [1.54, 1.807) is 11.8 Å². The smallest absolute Gasteiger partial charge is 0.242 e. The number of nitrogens with one attached hydrogen (secondary N) is 2. The number of rotatable bonds is 8. The van der Waals surface area contributed by atoms with Gasteiger partial charge >= 0.3 is 0 Å². The highest BCUT2D eigenvalue weighted by Gasteiger charge is 2.32. The largest absolute Gasteiger partial charge is 0.352 e. The highest BCUT2D eigenvalue weighted by atomic mass is 19.1. The fourth-order valence-corrected chi connectivity index (χ4v) is 3.05. The lowest BCUT2D eigenvalue weighted by molar-refractivity contribution is -0.128. The lowest BCUT2D eigenvalue weighted by atomic mass is 10.0. The van der Waals surface area contributed by atoms with Crippen LogP contribution in [0.1, 0.15) is 31.4 Å². The summed E-state index contributed by atoms with van der Waals surface area (Å²) < 4.78 is 40.9. The van der Waals surface area contributed by atoms with E-state index < -0.39 is 35.1 Å². The van der Waals surface area contributed by atoms with Crippen LogP contribution in [0.4, 0.5) is 18.9 Å². The summed E-state index contributed by atoms with van der Waals surface area (Å²) in [6.07, 6.45) is 1.78. The molecule has 0 aromatic heterocycles. The lowest BCUT2D eigenvalue weighted by Gasteiger charge is -2.29. The predicted molar refractivity (Wildman–Crippen MR) is 103 cm³/mol. The third kappa shape index (κ3) is 5.35. The van der Waals surface area contributed by atoms with Gasteiger partial charge in [-0.05, 0) is 49.2 Å². The maximum Gasteiger partial charge on any atom is 0.242 e. The minimum Gasteiger partial charge on any atom is -0.352 e. The summed E-state index contributed by atoms with van der Waals surface area (Å²) in [5, 5.41) is 5.13. The van der Waals surface area contributed by atoms with E-state index in [-0.39, 0.29) is 18.5 Å². The number of likely N-dealkylation sites (N-methyl/N-ethyl adjacent to an activating group) is 1. The Bertz CT molecular complexity index is 865. The van der Waals surface area contributed by atoms with E-state index >= 15 is 0 Å². The van der Waals surface area contributed by atoms with Crippen molar-refractivity contribution in [2.24, 2.45) is 0 Å². The van der Waals surface area contributed by atoms with Gasteiger partial charge in [0, 0.05) is 6.04 Å². The summed E-state index contributed by atoms with van der Waals surface area (Å²) in [4.78, 5) is 26.9. The first kappa shape index (κ1) is 20.9. The van der Waals surface area contributed by atoms with Crippen molar-refractivity contribution in [3.8, 4) is 0 Å². The SMILES string of the molecule is CCN(CC(=O)Nc1c(F)cccc1F)C(C(=O)NC1CC1)c1ccc(F)cc1. The van der Waals surface area contributed by atoms with E-state index in [1.165, 1.54) is 30.3 Å². The molecule has 2 aromatic rings. The van der Waals surface area contributed by atoms with Gasteiger partial charge in [-0.3, -0.25) is 14.5 Å². The first-order valence-electron chi connectivity index (χ1n) is 9.42. The number of hydrogen-bond acceptors (Lipinski definition) is 3. The van der Waals surface area contributed by atoms with Gasteiger partial charge in [0.25, 0.3) is 0 Å². The van der Waals surface area contributed by atoms with Crippen LogP contribution in [0.3, 0.4) is 0 Å². The lowest BCUT2D eigenvalue weighted by Crippen LogP contribution is -2.44. The van der Waals surface area contributed by atoms with Crippen LogP contribution < -0.4 is 10.6 Å². The van der Waals surface area contributed by atoms with E-state index in [9.17, 15) is 22.8 Å². The van der Waals surface area contributed by atoms with Crippen molar-refractivity contribution in [3.63, 3.8) is 0 Å². The molecule has 1 saturated carbocycles. The number of carbonyl (C=O) groups excluding carboxylic acids is 2. The highest BCUT2D eigenvalue weighted by Crippen LogP contribution is 2.25. The van der Waals surface area contributed by atoms with E-state index in [4.69, 9.17) is 0 Å². The summed E-state index contributed by atoms with van der Waals surface area (Å²) in [5.74, 6) is -3.18. The van der Waals surface area contributed by atoms with Crippen LogP contribution in [-0.2, 0) is 9.59 Å². The van der Waals surface area contributed by atoms with E-state index in [1.807, 2.05) is 0 Å². The number of nitrogens with zero attached hydrogens (tertiary/aromatic N) is 1. The Labute approximate surface area is 166 Å². The van der Waals surface area contributed by atoms with Crippen LogP contribution in [0.5, 0.6) is 0 Å². The molecule has 1 aliphatic carbocycles. The van der Waals surface area contributed by atoms with Crippen LogP contribution in [0, 0.1) is 17.5 Å². The van der Waals surface area contributed by atoms with E-state index in [2.05, 4.69) is 10.6 Å². The molecule has 5 nitrogen and oxygen atoms in total. The monoisotopic (exact) mass is 405 g/mol. The Morgan fingerprint density at radius 2 is 1.69 bits per heavy atom. The molecule has 0 bridgehead atoms. The number of hydrogen-bond donors (Lipinski definition) is 2. The predicted octanol–water partition coefficient (Wildman–Crippen LogP) is 3.38. The van der Waals surface area contributed by atoms with Crippen molar-refractivity contribution in [1.82, 2.24) is 10.2 Å². The molecule has 1 aliphatic rings. The summed E-state index contributed by atoms with van der Waals surface area (Å²) in [5.41, 5.74) is -0.00871. The number of benzene rings is 2. The third-order valence-corrected chi connectivity index (χ3v) is 4.70. The molecule has 1 fully saturated rings. The van der Waals surface area contributed by atoms with E-state index in [0.717, 1.165) is 25.0 Å². The molecule has 2 N–H and O–H groups in total. The highest BCUT2D eigenvalue weighted by molar-refractivity contribution is 5.93. The number of amides is 2. The van der Waals surface area contributed by atoms with Gasteiger partial charge in [-0.15, -0.1) is 0 Å². The number of para-hydroxylation sites is 1. The molecule has 0 aliphatic heterocycles. The summed E-state index contributed by atoms with van der Waals surface area (Å²) in [7, 11) is 0. The number of carbonyl (C=O) groups is 2. The maximum absolute atomic E-state index is 13.8. The summed E-state index contributed by atoms with van der Waals surface area (Å²) in [6.45, 7) is 1.80. The molecule has 1 atom stereocenters. The molecule has 2 amide bonds. The van der Waals surface area contributed by atoms with Gasteiger partial charge in [-0.1, -0.05) is 25.1 Å². The van der Waals surface area contributed by atoms with Crippen LogP contribution in [0.25, 0.3) is 0 Å². The molecule has 0 saturated heterocycles. The van der Waals surface area contributed by atoms with Crippen molar-refractivity contribution in [2.75, 3.05) is 18.4 Å². The van der Waals surface area contributed by atoms with Gasteiger partial charge in [0.2, 0.25) is 11.8 Å². The molecule has 8 heteroatoms. The Kier molecular flexibility index (Phi) is 6.53. The molecule has 3 rings (SSSR count). The Morgan fingerprint density at radius 3 is 2.24 bits per heavy atom. The fraction of sp³-hybridized carbons (Fsp3) is 0.333. The van der Waals surface area contributed by atoms with Crippen LogP contribution >= 0.6 is 0 Å². The van der Waals surface area contributed by atoms with Crippen molar-refractivity contribution in [2.45, 2.75) is 31.8 Å². The van der Waals surface area contributed by atoms with Crippen molar-refractivity contribution in [3.05, 3.63) is 65.5 Å². The second-order valence-electron chi connectivity index (χ2n) is 6.94. The van der Waals surface area contributed by atoms with Crippen LogP contribution in [-0.4, -0.2) is 35.8 Å². The van der Waals surface area contributed by atoms with Gasteiger partial charge in [-0.2, -0.15) is 0 Å². The molecular weight excluding hydrogens is 383 g/mol. The molecule has 0 spiro atoms. The standard InChI is InChI=1S/C21H22F3N3O2/c1-2-27(12-18(28)26-19-16(23)4-3-5-17(19)24)20(21(29)25-15-10-11-15)13-6-8-14(22)9-7-13/h3-9,15,20H,2,10-12H2,1H3,(H,25,29)(H,26,28). The van der Waals surface area contributed by atoms with E-state index in [0.29, 0.717) is 12.1 Å². The molecule has 29 heavy (non-hydrogen) atoms. The average molecular weight is 405 g/mol. The molecule has 0 radical (unpaired) electrons. The molecule has 1 unspecified atom stereocenters. The Hall–Kier alpha value is -2.87. The van der Waals surface area contributed by atoms with Crippen molar-refractivity contribution < 1.29 is 22.8 Å². The summed E-state index contributed by atoms with van der Waals surface area (Å²) in [6, 6.07) is 8.02. The third-order valence-electron chi connectivity index (χ3n) is 4.70. The van der Waals surface area contributed by atoms with Crippen LogP contribution in [0.15, 0.2) is 42.5 Å². The quantitative estimate of drug-likeness (QED) is 0.708. The molecule has 0 heterocycles. The first-order chi connectivity index (χ1) is 13.9. The molecule has 2 aromatic carbocycles. The van der Waals surface area contributed by atoms with Crippen molar-refractivity contribution >= 4 is 17.5 Å². The van der Waals surface area contributed by atoms with Gasteiger partial charge in [0.15, 0.2) is 0 Å². The minimum atomic E-state index is -0.886. The maximum atomic E-state index is 13.8. The second kappa shape index (κ2) is 9.09. The van der Waals surface area contributed by atoms with Crippen LogP contribution in [0.2, 0.25) is 0 Å². The van der Waals surface area contributed by atoms with Gasteiger partial charge in [-0.25, -0.2) is 13.2 Å². The first-order valence-corrected chi connectivity index (χ1v) is 9.42. The zero-order valence-electron chi connectivity index (χ0n) is 15.9. The summed E-state index contributed by atoms with van der Waals surface area (Å²) >= 11 is 0. The normalized spacial score (nSPS) is 14.5. The Balaban J connectivity index is 1.79. The zero-order valence-corrected chi connectivity index (χ0v) is 15.9. The average Bonchev–Trinajstić information content (AvgIpc) is 3.49. The van der Waals surface area contributed by atoms with Gasteiger partial charge in [0.05, 0.1) is 6.54 Å². The molecular formula is C21H22F3N3O2. The second-order valence-corrected chi connectivity index (χ2v) is 6.94.